The monoisotopic (exact) mass is 326 g/mol. The number of aliphatic hydroxyl groups excluding tert-OH is 1. The Morgan fingerprint density at radius 1 is 1.21 bits per heavy atom. The molecular formula is C18H22N4O2. The molecule has 2 aromatic heterocycles. The van der Waals surface area contributed by atoms with Crippen LogP contribution in [0, 0.1) is 5.92 Å². The summed E-state index contributed by atoms with van der Waals surface area (Å²) in [4.78, 5) is 24.8. The van der Waals surface area contributed by atoms with Crippen molar-refractivity contribution in [3.8, 4) is 0 Å². The van der Waals surface area contributed by atoms with Gasteiger partial charge in [0.05, 0.1) is 11.8 Å². The summed E-state index contributed by atoms with van der Waals surface area (Å²) in [6.45, 7) is 0. The summed E-state index contributed by atoms with van der Waals surface area (Å²) in [6, 6.07) is 5.81. The van der Waals surface area contributed by atoms with Crippen LogP contribution in [0.2, 0.25) is 0 Å². The lowest BCUT2D eigenvalue weighted by molar-refractivity contribution is -0.122. The van der Waals surface area contributed by atoms with Gasteiger partial charge in [-0.1, -0.05) is 6.07 Å². The van der Waals surface area contributed by atoms with Crippen molar-refractivity contribution in [2.45, 2.75) is 44.2 Å². The van der Waals surface area contributed by atoms with E-state index < -0.39 is 0 Å². The predicted molar refractivity (Wildman–Crippen MR) is 89.0 cm³/mol. The van der Waals surface area contributed by atoms with E-state index in [1.54, 1.807) is 24.8 Å². The second-order valence-corrected chi connectivity index (χ2v) is 6.28. The topological polar surface area (TPSA) is 88.0 Å². The minimum absolute atomic E-state index is 0.00275. The zero-order valence-electron chi connectivity index (χ0n) is 13.5. The van der Waals surface area contributed by atoms with E-state index in [2.05, 4.69) is 20.3 Å². The van der Waals surface area contributed by atoms with Gasteiger partial charge >= 0.3 is 0 Å². The third-order valence-corrected chi connectivity index (χ3v) is 4.45. The van der Waals surface area contributed by atoms with E-state index in [1.165, 1.54) is 0 Å². The summed E-state index contributed by atoms with van der Waals surface area (Å²) in [6.07, 6.45) is 9.58. The molecule has 6 heteroatoms. The molecule has 0 bridgehead atoms. The van der Waals surface area contributed by atoms with Crippen molar-refractivity contribution in [2.75, 3.05) is 0 Å². The van der Waals surface area contributed by atoms with Gasteiger partial charge in [-0.3, -0.25) is 19.7 Å². The molecule has 1 amide bonds. The number of aryl methyl sites for hydroxylation is 1. The van der Waals surface area contributed by atoms with Crippen molar-refractivity contribution in [1.82, 2.24) is 20.3 Å². The van der Waals surface area contributed by atoms with E-state index in [4.69, 9.17) is 0 Å². The van der Waals surface area contributed by atoms with Gasteiger partial charge in [-0.2, -0.15) is 0 Å². The smallest absolute Gasteiger partial charge is 0.220 e. The van der Waals surface area contributed by atoms with Crippen molar-refractivity contribution in [3.63, 3.8) is 0 Å². The van der Waals surface area contributed by atoms with E-state index in [1.807, 2.05) is 18.2 Å². The third kappa shape index (κ3) is 4.58. The number of hydrogen-bond acceptors (Lipinski definition) is 5. The lowest BCUT2D eigenvalue weighted by Crippen LogP contribution is -2.48. The fourth-order valence-electron chi connectivity index (χ4n) is 3.02. The van der Waals surface area contributed by atoms with Crippen LogP contribution in [0.25, 0.3) is 0 Å². The molecule has 0 radical (unpaired) electrons. The first-order valence-electron chi connectivity index (χ1n) is 8.33. The molecule has 1 aliphatic rings. The lowest BCUT2D eigenvalue weighted by atomic mass is 9.76. The predicted octanol–water partition coefficient (Wildman–Crippen LogP) is 1.30. The number of rotatable bonds is 7. The Labute approximate surface area is 141 Å². The Bertz CT molecular complexity index is 645. The highest BCUT2D eigenvalue weighted by Gasteiger charge is 2.34. The molecule has 1 saturated carbocycles. The second kappa shape index (κ2) is 7.97. The number of hydrogen-bond donors (Lipinski definition) is 2. The highest BCUT2D eigenvalue weighted by molar-refractivity contribution is 5.76. The molecule has 24 heavy (non-hydrogen) atoms. The van der Waals surface area contributed by atoms with Gasteiger partial charge in [0.25, 0.3) is 0 Å². The summed E-state index contributed by atoms with van der Waals surface area (Å²) in [5.74, 6) is 0.311. The highest BCUT2D eigenvalue weighted by Crippen LogP contribution is 2.31. The maximum Gasteiger partial charge on any atom is 0.220 e. The van der Waals surface area contributed by atoms with Gasteiger partial charge in [0.2, 0.25) is 5.91 Å². The Morgan fingerprint density at radius 2 is 2.04 bits per heavy atom. The normalized spacial score (nSPS) is 20.9. The molecule has 2 N–H and O–H groups in total. The molecule has 0 spiro atoms. The average molecular weight is 326 g/mol. The first kappa shape index (κ1) is 16.5. The largest absolute Gasteiger partial charge is 0.393 e. The number of nitrogens with one attached hydrogen (secondary N) is 1. The van der Waals surface area contributed by atoms with Crippen LogP contribution in [0.5, 0.6) is 0 Å². The van der Waals surface area contributed by atoms with Crippen molar-refractivity contribution in [2.24, 2.45) is 5.92 Å². The molecule has 126 valence electrons. The SMILES string of the molecule is O=C(CCc1cnccn1)N[C@H](Cc1ccccn1)C1CC(O)C1. The molecule has 1 aliphatic carbocycles. The van der Waals surface area contributed by atoms with Gasteiger partial charge in [0, 0.05) is 49.4 Å². The van der Waals surface area contributed by atoms with Gasteiger partial charge in [0.1, 0.15) is 0 Å². The van der Waals surface area contributed by atoms with Gasteiger partial charge in [0.15, 0.2) is 0 Å². The summed E-state index contributed by atoms with van der Waals surface area (Å²) < 4.78 is 0. The molecule has 3 rings (SSSR count). The van der Waals surface area contributed by atoms with Gasteiger partial charge in [-0.25, -0.2) is 0 Å². The number of aliphatic hydroxyl groups is 1. The Hall–Kier alpha value is -2.34. The fraction of sp³-hybridized carbons (Fsp3) is 0.444. The maximum absolute atomic E-state index is 12.3. The fourth-order valence-corrected chi connectivity index (χ4v) is 3.02. The molecule has 0 aliphatic heterocycles. The first-order valence-corrected chi connectivity index (χ1v) is 8.33. The summed E-state index contributed by atoms with van der Waals surface area (Å²) in [7, 11) is 0. The second-order valence-electron chi connectivity index (χ2n) is 6.28. The Kier molecular flexibility index (Phi) is 5.48. The van der Waals surface area contributed by atoms with E-state index in [0.29, 0.717) is 25.2 Å². The molecule has 1 atom stereocenters. The minimum Gasteiger partial charge on any atom is -0.393 e. The molecule has 6 nitrogen and oxygen atoms in total. The van der Waals surface area contributed by atoms with Gasteiger partial charge in [-0.05, 0) is 37.3 Å². The molecular weight excluding hydrogens is 304 g/mol. The number of nitrogens with zero attached hydrogens (tertiary/aromatic N) is 3. The average Bonchev–Trinajstić information content (AvgIpc) is 2.58. The molecule has 2 heterocycles. The van der Waals surface area contributed by atoms with E-state index in [9.17, 15) is 9.90 Å². The van der Waals surface area contributed by atoms with Crippen LogP contribution in [0.15, 0.2) is 43.0 Å². The quantitative estimate of drug-likeness (QED) is 0.801. The van der Waals surface area contributed by atoms with E-state index in [-0.39, 0.29) is 18.1 Å². The van der Waals surface area contributed by atoms with Crippen LogP contribution in [-0.2, 0) is 17.6 Å². The first-order chi connectivity index (χ1) is 11.7. The standard InChI is InChI=1S/C18H22N4O2/c23-16-9-13(10-16)17(11-14-3-1-2-6-20-14)22-18(24)5-4-15-12-19-7-8-21-15/h1-3,6-8,12-13,16-17,23H,4-5,9-11H2,(H,22,24)/t13?,16?,17-/m1/s1. The van der Waals surface area contributed by atoms with Crippen molar-refractivity contribution in [1.29, 1.82) is 0 Å². The summed E-state index contributed by atoms with van der Waals surface area (Å²) in [5, 5.41) is 12.7. The zero-order valence-corrected chi connectivity index (χ0v) is 13.5. The number of pyridine rings is 1. The minimum atomic E-state index is -0.238. The molecule has 0 aromatic carbocycles. The van der Waals surface area contributed by atoms with Gasteiger partial charge < -0.3 is 10.4 Å². The van der Waals surface area contributed by atoms with Crippen LogP contribution in [0.1, 0.15) is 30.7 Å². The maximum atomic E-state index is 12.3. The Balaban J connectivity index is 1.55. The van der Waals surface area contributed by atoms with Crippen molar-refractivity contribution < 1.29 is 9.90 Å². The van der Waals surface area contributed by atoms with Crippen LogP contribution in [-0.4, -0.2) is 38.1 Å². The molecule has 1 fully saturated rings. The van der Waals surface area contributed by atoms with Gasteiger partial charge in [-0.15, -0.1) is 0 Å². The van der Waals surface area contributed by atoms with Crippen molar-refractivity contribution in [3.05, 3.63) is 54.4 Å². The van der Waals surface area contributed by atoms with Crippen LogP contribution in [0.3, 0.4) is 0 Å². The van der Waals surface area contributed by atoms with E-state index in [0.717, 1.165) is 24.2 Å². The summed E-state index contributed by atoms with van der Waals surface area (Å²) >= 11 is 0. The zero-order chi connectivity index (χ0) is 16.8. The lowest BCUT2D eigenvalue weighted by Gasteiger charge is -2.38. The van der Waals surface area contributed by atoms with E-state index >= 15 is 0 Å². The summed E-state index contributed by atoms with van der Waals surface area (Å²) in [5.41, 5.74) is 1.77. The van der Waals surface area contributed by atoms with Crippen LogP contribution < -0.4 is 5.32 Å². The van der Waals surface area contributed by atoms with Crippen LogP contribution in [0.4, 0.5) is 0 Å². The Morgan fingerprint density at radius 3 is 2.71 bits per heavy atom. The molecule has 0 saturated heterocycles. The number of carbonyl (C=O) groups excluding carboxylic acids is 1. The highest BCUT2D eigenvalue weighted by atomic mass is 16.3. The van der Waals surface area contributed by atoms with Crippen molar-refractivity contribution >= 4 is 5.91 Å². The third-order valence-electron chi connectivity index (χ3n) is 4.45. The number of carbonyl (C=O) groups is 1. The number of amides is 1. The number of aromatic nitrogens is 3. The molecule has 2 aromatic rings. The van der Waals surface area contributed by atoms with Crippen LogP contribution >= 0.6 is 0 Å². The molecule has 0 unspecified atom stereocenters.